The van der Waals surface area contributed by atoms with E-state index in [2.05, 4.69) is 12.0 Å². The van der Waals surface area contributed by atoms with Gasteiger partial charge in [0.1, 0.15) is 5.60 Å². The normalized spacial score (nSPS) is 16.4. The molecular weight excluding hydrogens is 418 g/mol. The van der Waals surface area contributed by atoms with Crippen LogP contribution in [0.25, 0.3) is 5.52 Å². The molecule has 31 heavy (non-hydrogen) atoms. The molecular formula is C23H32ClN3O4. The molecule has 0 bridgehead atoms. The van der Waals surface area contributed by atoms with Crippen molar-refractivity contribution in [3.8, 4) is 0 Å². The lowest BCUT2D eigenvalue weighted by molar-refractivity contribution is 0.0174. The van der Waals surface area contributed by atoms with Crippen LogP contribution in [0.4, 0.5) is 4.79 Å². The molecule has 1 atom stereocenters. The summed E-state index contributed by atoms with van der Waals surface area (Å²) in [6.07, 6.45) is 3.04. The van der Waals surface area contributed by atoms with E-state index in [1.54, 1.807) is 24.1 Å². The van der Waals surface area contributed by atoms with E-state index in [1.807, 2.05) is 32.2 Å². The summed E-state index contributed by atoms with van der Waals surface area (Å²) in [7, 11) is 0. The van der Waals surface area contributed by atoms with Crippen molar-refractivity contribution in [3.63, 3.8) is 0 Å². The molecule has 0 N–H and O–H groups in total. The summed E-state index contributed by atoms with van der Waals surface area (Å²) >= 11 is 6.18. The first-order valence-corrected chi connectivity index (χ1v) is 11.2. The Bertz CT molecular complexity index is 971. The molecule has 0 saturated carbocycles. The van der Waals surface area contributed by atoms with Gasteiger partial charge in [-0.1, -0.05) is 18.5 Å². The van der Waals surface area contributed by atoms with Crippen LogP contribution in [0.1, 0.15) is 75.0 Å². The van der Waals surface area contributed by atoms with Gasteiger partial charge in [-0.3, -0.25) is 0 Å². The van der Waals surface area contributed by atoms with Gasteiger partial charge in [0, 0.05) is 24.7 Å². The number of fused-ring (bicyclic) bond motifs is 1. The third-order valence-electron chi connectivity index (χ3n) is 5.85. The number of aromatic nitrogens is 2. The van der Waals surface area contributed by atoms with E-state index < -0.39 is 5.60 Å². The van der Waals surface area contributed by atoms with Crippen LogP contribution < -0.4 is 0 Å². The van der Waals surface area contributed by atoms with Crippen molar-refractivity contribution in [3.05, 3.63) is 34.1 Å². The Hall–Kier alpha value is -2.28. The molecule has 1 fully saturated rings. The minimum absolute atomic E-state index is 0.144. The third-order valence-corrected chi connectivity index (χ3v) is 6.06. The van der Waals surface area contributed by atoms with Gasteiger partial charge in [-0.05, 0) is 65.0 Å². The molecule has 0 spiro atoms. The topological polar surface area (TPSA) is 73.1 Å². The Kier molecular flexibility index (Phi) is 6.84. The number of piperidine rings is 1. The summed E-state index contributed by atoms with van der Waals surface area (Å²) in [4.78, 5) is 26.8. The Labute approximate surface area is 188 Å². The number of esters is 1. The highest BCUT2D eigenvalue weighted by Crippen LogP contribution is 2.37. The third kappa shape index (κ3) is 4.97. The van der Waals surface area contributed by atoms with Crippen LogP contribution in [-0.4, -0.2) is 51.9 Å². The largest absolute Gasteiger partial charge is 0.462 e. The van der Waals surface area contributed by atoms with E-state index in [9.17, 15) is 9.59 Å². The van der Waals surface area contributed by atoms with Gasteiger partial charge in [-0.2, -0.15) is 5.10 Å². The van der Waals surface area contributed by atoms with Crippen LogP contribution in [0.15, 0.2) is 12.3 Å². The van der Waals surface area contributed by atoms with Crippen LogP contribution in [0.2, 0.25) is 5.02 Å². The summed E-state index contributed by atoms with van der Waals surface area (Å²) in [5, 5.41) is 4.97. The van der Waals surface area contributed by atoms with E-state index >= 15 is 0 Å². The monoisotopic (exact) mass is 449 g/mol. The summed E-state index contributed by atoms with van der Waals surface area (Å²) in [5.41, 5.74) is 2.54. The fraction of sp³-hybridized carbons (Fsp3) is 0.609. The summed E-state index contributed by atoms with van der Waals surface area (Å²) in [5.74, 6) is 0.132. The molecule has 1 aliphatic heterocycles. The average Bonchev–Trinajstić information content (AvgIpc) is 2.97. The molecule has 1 aliphatic rings. The zero-order valence-corrected chi connectivity index (χ0v) is 20.0. The molecule has 3 heterocycles. The second-order valence-electron chi connectivity index (χ2n) is 9.17. The van der Waals surface area contributed by atoms with Gasteiger partial charge in [-0.25, -0.2) is 14.1 Å². The average molecular weight is 450 g/mol. The first kappa shape index (κ1) is 23.4. The number of amides is 1. The maximum Gasteiger partial charge on any atom is 0.410 e. The Morgan fingerprint density at radius 2 is 1.94 bits per heavy atom. The quantitative estimate of drug-likeness (QED) is 0.598. The van der Waals surface area contributed by atoms with E-state index in [0.717, 1.165) is 24.1 Å². The second-order valence-corrected chi connectivity index (χ2v) is 9.61. The number of likely N-dealkylation sites (tertiary alicyclic amines) is 1. The molecule has 2 aromatic heterocycles. The number of hydrogen-bond donors (Lipinski definition) is 0. The van der Waals surface area contributed by atoms with Gasteiger partial charge in [0.15, 0.2) is 0 Å². The molecule has 1 amide bonds. The first-order valence-electron chi connectivity index (χ1n) is 10.8. The summed E-state index contributed by atoms with van der Waals surface area (Å²) in [6.45, 7) is 13.1. The molecule has 2 aromatic rings. The number of carbonyl (C=O) groups excluding carboxylic acids is 2. The van der Waals surface area contributed by atoms with E-state index in [-0.39, 0.29) is 18.0 Å². The molecule has 3 rings (SSSR count). The molecule has 0 aliphatic carbocycles. The minimum atomic E-state index is -0.500. The lowest BCUT2D eigenvalue weighted by Gasteiger charge is -2.35. The van der Waals surface area contributed by atoms with Crippen molar-refractivity contribution in [2.24, 2.45) is 5.92 Å². The summed E-state index contributed by atoms with van der Waals surface area (Å²) in [6, 6.07) is 1.76. The number of hydrogen-bond acceptors (Lipinski definition) is 5. The number of halogens is 1. The predicted octanol–water partition coefficient (Wildman–Crippen LogP) is 5.22. The van der Waals surface area contributed by atoms with Crippen molar-refractivity contribution in [1.82, 2.24) is 14.5 Å². The van der Waals surface area contributed by atoms with Crippen LogP contribution >= 0.6 is 11.6 Å². The summed E-state index contributed by atoms with van der Waals surface area (Å²) < 4.78 is 12.6. The maximum atomic E-state index is 12.7. The fourth-order valence-corrected chi connectivity index (χ4v) is 4.53. The number of ether oxygens (including phenoxy) is 2. The molecule has 170 valence electrons. The van der Waals surface area contributed by atoms with Gasteiger partial charge in [0.25, 0.3) is 0 Å². The fourth-order valence-electron chi connectivity index (χ4n) is 4.38. The number of nitrogens with zero attached hydrogens (tertiary/aromatic N) is 3. The van der Waals surface area contributed by atoms with Gasteiger partial charge in [0.05, 0.1) is 28.9 Å². The molecule has 7 nitrogen and oxygen atoms in total. The Balaban J connectivity index is 1.85. The number of carbonyl (C=O) groups is 2. The highest BCUT2D eigenvalue weighted by Gasteiger charge is 2.33. The van der Waals surface area contributed by atoms with Crippen molar-refractivity contribution in [2.75, 3.05) is 19.7 Å². The Morgan fingerprint density at radius 1 is 1.29 bits per heavy atom. The van der Waals surface area contributed by atoms with Gasteiger partial charge >= 0.3 is 12.1 Å². The van der Waals surface area contributed by atoms with E-state index in [1.165, 1.54) is 0 Å². The van der Waals surface area contributed by atoms with E-state index in [4.69, 9.17) is 21.1 Å². The lowest BCUT2D eigenvalue weighted by Crippen LogP contribution is -2.42. The Morgan fingerprint density at radius 3 is 2.52 bits per heavy atom. The van der Waals surface area contributed by atoms with Gasteiger partial charge < -0.3 is 14.4 Å². The van der Waals surface area contributed by atoms with Crippen LogP contribution in [-0.2, 0) is 9.47 Å². The SMILES string of the molecule is CCOC(=O)c1c(C)c(C(C)C2CCN(C(=O)OC(C)(C)C)CC2)n2ncc(Cl)cc12. The highest BCUT2D eigenvalue weighted by molar-refractivity contribution is 6.30. The zero-order chi connectivity index (χ0) is 22.9. The first-order chi connectivity index (χ1) is 14.5. The van der Waals surface area contributed by atoms with Crippen LogP contribution in [0, 0.1) is 12.8 Å². The standard InChI is InChI=1S/C23H32ClN3O4/c1-7-30-21(28)19-15(3)20(27-18(19)12-17(24)13-25-27)14(2)16-8-10-26(11-9-16)22(29)31-23(4,5)6/h12-14,16H,7-11H2,1-6H3. The van der Waals surface area contributed by atoms with Crippen molar-refractivity contribution in [2.45, 2.75) is 65.9 Å². The van der Waals surface area contributed by atoms with Crippen LogP contribution in [0.5, 0.6) is 0 Å². The molecule has 1 unspecified atom stereocenters. The van der Waals surface area contributed by atoms with Crippen molar-refractivity contribution >= 4 is 29.2 Å². The number of rotatable bonds is 4. The zero-order valence-electron chi connectivity index (χ0n) is 19.2. The lowest BCUT2D eigenvalue weighted by atomic mass is 9.82. The second kappa shape index (κ2) is 9.07. The van der Waals surface area contributed by atoms with Gasteiger partial charge in [-0.15, -0.1) is 0 Å². The van der Waals surface area contributed by atoms with Gasteiger partial charge in [0.2, 0.25) is 0 Å². The molecule has 8 heteroatoms. The van der Waals surface area contributed by atoms with E-state index in [0.29, 0.717) is 41.7 Å². The predicted molar refractivity (Wildman–Crippen MR) is 120 cm³/mol. The smallest absolute Gasteiger partial charge is 0.410 e. The van der Waals surface area contributed by atoms with Crippen molar-refractivity contribution < 1.29 is 19.1 Å². The molecule has 1 saturated heterocycles. The minimum Gasteiger partial charge on any atom is -0.462 e. The van der Waals surface area contributed by atoms with Crippen LogP contribution in [0.3, 0.4) is 0 Å². The molecule has 0 radical (unpaired) electrons. The maximum absolute atomic E-state index is 12.7. The van der Waals surface area contributed by atoms with Crippen molar-refractivity contribution in [1.29, 1.82) is 0 Å². The highest BCUT2D eigenvalue weighted by atomic mass is 35.5. The molecule has 0 aromatic carbocycles.